The number of carbonyl (C=O) groups is 1. The molecule has 1 N–H and O–H groups in total. The van der Waals surface area contributed by atoms with Crippen molar-refractivity contribution in [2.45, 2.75) is 36.5 Å². The average molecular weight is 338 g/mol. The number of carbonyl (C=O) groups excluding carboxylic acids is 1. The van der Waals surface area contributed by atoms with Crippen molar-refractivity contribution in [3.63, 3.8) is 0 Å². The number of nitrogens with one attached hydrogen (secondary N) is 1. The van der Waals surface area contributed by atoms with Crippen LogP contribution >= 0.6 is 23.5 Å². The Morgan fingerprint density at radius 2 is 2.09 bits per heavy atom. The predicted octanol–water partition coefficient (Wildman–Crippen LogP) is 4.44. The highest BCUT2D eigenvalue weighted by molar-refractivity contribution is 8.21. The molecule has 22 heavy (non-hydrogen) atoms. The summed E-state index contributed by atoms with van der Waals surface area (Å²) in [6.45, 7) is 6.35. The van der Waals surface area contributed by atoms with Crippen LogP contribution in [-0.4, -0.2) is 27.7 Å². The smallest absolute Gasteiger partial charge is 0.407 e. The van der Waals surface area contributed by atoms with Crippen molar-refractivity contribution < 1.29 is 9.53 Å². The summed E-state index contributed by atoms with van der Waals surface area (Å²) in [7, 11) is 0. The molecule has 1 heterocycles. The van der Waals surface area contributed by atoms with Gasteiger partial charge in [0.15, 0.2) is 0 Å². The van der Waals surface area contributed by atoms with Crippen LogP contribution in [0.2, 0.25) is 0 Å². The van der Waals surface area contributed by atoms with E-state index >= 15 is 0 Å². The second kappa shape index (κ2) is 8.53. The SMILES string of the molecule is C=CC[C@H](CC1(C)SCCS1)NC(=O)OCc1ccccc1. The van der Waals surface area contributed by atoms with E-state index in [0.717, 1.165) is 18.4 Å². The molecule has 0 saturated carbocycles. The largest absolute Gasteiger partial charge is 0.445 e. The topological polar surface area (TPSA) is 38.3 Å². The fraction of sp³-hybridized carbons (Fsp3) is 0.471. The Kier molecular flexibility index (Phi) is 6.70. The summed E-state index contributed by atoms with van der Waals surface area (Å²) >= 11 is 3.95. The standard InChI is InChI=1S/C17H23NO2S2/c1-3-7-15(12-17(2)21-10-11-22-17)18-16(19)20-13-14-8-5-4-6-9-14/h3-6,8-9,15H,1,7,10-13H2,2H3,(H,18,19)/t15-/m1/s1. The molecule has 1 aromatic rings. The van der Waals surface area contributed by atoms with E-state index in [4.69, 9.17) is 4.74 Å². The molecule has 1 atom stereocenters. The third kappa shape index (κ3) is 5.61. The Hall–Kier alpha value is -1.07. The molecule has 0 unspecified atom stereocenters. The lowest BCUT2D eigenvalue weighted by atomic mass is 10.1. The molecule has 0 aromatic heterocycles. The summed E-state index contributed by atoms with van der Waals surface area (Å²) in [5.41, 5.74) is 0.992. The number of alkyl carbamates (subject to hydrolysis) is 1. The number of ether oxygens (including phenoxy) is 1. The first-order chi connectivity index (χ1) is 10.6. The van der Waals surface area contributed by atoms with E-state index < -0.39 is 0 Å². The van der Waals surface area contributed by atoms with Crippen molar-refractivity contribution in [2.24, 2.45) is 0 Å². The van der Waals surface area contributed by atoms with E-state index in [-0.39, 0.29) is 16.2 Å². The predicted molar refractivity (Wildman–Crippen MR) is 96.3 cm³/mol. The van der Waals surface area contributed by atoms with E-state index in [1.807, 2.05) is 59.9 Å². The fourth-order valence-electron chi connectivity index (χ4n) is 2.45. The van der Waals surface area contributed by atoms with Crippen LogP contribution in [0.5, 0.6) is 0 Å². The zero-order valence-corrected chi connectivity index (χ0v) is 14.6. The molecule has 1 saturated heterocycles. The Morgan fingerprint density at radius 1 is 1.41 bits per heavy atom. The Bertz CT molecular complexity index is 487. The summed E-state index contributed by atoms with van der Waals surface area (Å²) < 4.78 is 5.49. The number of hydrogen-bond donors (Lipinski definition) is 1. The molecular weight excluding hydrogens is 314 g/mol. The zero-order valence-electron chi connectivity index (χ0n) is 12.9. The van der Waals surface area contributed by atoms with E-state index in [1.54, 1.807) is 0 Å². The summed E-state index contributed by atoms with van der Waals surface area (Å²) in [5.74, 6) is 2.36. The Morgan fingerprint density at radius 3 is 2.73 bits per heavy atom. The normalized spacial score (nSPS) is 17.7. The molecule has 1 aliphatic rings. The van der Waals surface area contributed by atoms with Gasteiger partial charge in [-0.15, -0.1) is 30.1 Å². The molecule has 0 spiro atoms. The van der Waals surface area contributed by atoms with Gasteiger partial charge in [-0.25, -0.2) is 4.79 Å². The highest BCUT2D eigenvalue weighted by atomic mass is 32.2. The summed E-state index contributed by atoms with van der Waals surface area (Å²) in [5, 5.41) is 2.98. The summed E-state index contributed by atoms with van der Waals surface area (Å²) in [4.78, 5) is 12.0. The minimum absolute atomic E-state index is 0.0730. The van der Waals surface area contributed by atoms with Gasteiger partial charge >= 0.3 is 6.09 Å². The third-order valence-electron chi connectivity index (χ3n) is 3.50. The Labute approximate surface area is 141 Å². The minimum atomic E-state index is -0.354. The van der Waals surface area contributed by atoms with E-state index in [0.29, 0.717) is 6.61 Å². The number of hydrogen-bond acceptors (Lipinski definition) is 4. The molecule has 0 aliphatic carbocycles. The number of benzene rings is 1. The molecule has 120 valence electrons. The summed E-state index contributed by atoms with van der Waals surface area (Å²) in [6.07, 6.45) is 3.19. The quantitative estimate of drug-likeness (QED) is 0.746. The lowest BCUT2D eigenvalue weighted by Crippen LogP contribution is -2.38. The second-order valence-electron chi connectivity index (χ2n) is 5.46. The lowest BCUT2D eigenvalue weighted by Gasteiger charge is -2.27. The van der Waals surface area contributed by atoms with Crippen LogP contribution < -0.4 is 5.32 Å². The molecule has 1 amide bonds. The van der Waals surface area contributed by atoms with E-state index in [1.165, 1.54) is 11.5 Å². The van der Waals surface area contributed by atoms with Gasteiger partial charge < -0.3 is 10.1 Å². The first-order valence-electron chi connectivity index (χ1n) is 7.47. The highest BCUT2D eigenvalue weighted by Gasteiger charge is 2.33. The van der Waals surface area contributed by atoms with Gasteiger partial charge in [0.05, 0.1) is 4.08 Å². The fourth-order valence-corrected chi connectivity index (χ4v) is 5.45. The molecule has 0 bridgehead atoms. The molecule has 1 aliphatic heterocycles. The van der Waals surface area contributed by atoms with Crippen LogP contribution in [-0.2, 0) is 11.3 Å². The number of rotatable bonds is 7. The van der Waals surface area contributed by atoms with Gasteiger partial charge in [-0.3, -0.25) is 0 Å². The maximum Gasteiger partial charge on any atom is 0.407 e. The average Bonchev–Trinajstić information content (AvgIpc) is 2.93. The van der Waals surface area contributed by atoms with Crippen LogP contribution in [0, 0.1) is 0 Å². The van der Waals surface area contributed by atoms with Crippen molar-refractivity contribution in [1.82, 2.24) is 5.32 Å². The minimum Gasteiger partial charge on any atom is -0.445 e. The van der Waals surface area contributed by atoms with Gasteiger partial charge in [0.2, 0.25) is 0 Å². The van der Waals surface area contributed by atoms with Gasteiger partial charge in [0.25, 0.3) is 0 Å². The van der Waals surface area contributed by atoms with E-state index in [9.17, 15) is 4.79 Å². The second-order valence-corrected chi connectivity index (χ2v) is 8.92. The van der Waals surface area contributed by atoms with Gasteiger partial charge in [-0.05, 0) is 25.3 Å². The van der Waals surface area contributed by atoms with Crippen LogP contribution in [0.15, 0.2) is 43.0 Å². The summed E-state index contributed by atoms with van der Waals surface area (Å²) in [6, 6.07) is 9.78. The third-order valence-corrected chi connectivity index (χ3v) is 6.84. The van der Waals surface area contributed by atoms with Crippen LogP contribution in [0.3, 0.4) is 0 Å². The Balaban J connectivity index is 1.81. The van der Waals surface area contributed by atoms with Gasteiger partial charge in [0.1, 0.15) is 6.61 Å². The number of amides is 1. The maximum absolute atomic E-state index is 12.0. The van der Waals surface area contributed by atoms with Crippen LogP contribution in [0.4, 0.5) is 4.79 Å². The van der Waals surface area contributed by atoms with Crippen molar-refractivity contribution in [3.8, 4) is 0 Å². The van der Waals surface area contributed by atoms with E-state index in [2.05, 4.69) is 18.8 Å². The van der Waals surface area contributed by atoms with Crippen molar-refractivity contribution in [3.05, 3.63) is 48.6 Å². The van der Waals surface area contributed by atoms with Gasteiger partial charge in [-0.2, -0.15) is 0 Å². The molecule has 1 fully saturated rings. The zero-order chi connectivity index (χ0) is 15.8. The van der Waals surface area contributed by atoms with Gasteiger partial charge in [0, 0.05) is 17.5 Å². The highest BCUT2D eigenvalue weighted by Crippen LogP contribution is 2.46. The van der Waals surface area contributed by atoms with Gasteiger partial charge in [-0.1, -0.05) is 36.4 Å². The molecule has 1 aromatic carbocycles. The molecule has 0 radical (unpaired) electrons. The maximum atomic E-state index is 12.0. The number of thioether (sulfide) groups is 2. The van der Waals surface area contributed by atoms with Crippen molar-refractivity contribution >= 4 is 29.6 Å². The lowest BCUT2D eigenvalue weighted by molar-refractivity contribution is 0.135. The first kappa shape index (κ1) is 17.3. The molecule has 5 heteroatoms. The molecule has 3 nitrogen and oxygen atoms in total. The first-order valence-corrected chi connectivity index (χ1v) is 9.44. The monoisotopic (exact) mass is 337 g/mol. The van der Waals surface area contributed by atoms with Crippen LogP contribution in [0.25, 0.3) is 0 Å². The van der Waals surface area contributed by atoms with Crippen molar-refractivity contribution in [2.75, 3.05) is 11.5 Å². The van der Waals surface area contributed by atoms with Crippen LogP contribution in [0.1, 0.15) is 25.3 Å². The molecular formula is C17H23NO2S2. The van der Waals surface area contributed by atoms with Crippen molar-refractivity contribution in [1.29, 1.82) is 0 Å². The molecule has 2 rings (SSSR count).